The predicted molar refractivity (Wildman–Crippen MR) is 71.1 cm³/mol. The predicted octanol–water partition coefficient (Wildman–Crippen LogP) is 1.30. The summed E-state index contributed by atoms with van der Waals surface area (Å²) >= 11 is 3.38. The number of nitrogens with two attached hydrogens (primary N) is 1. The van der Waals surface area contributed by atoms with Crippen LogP contribution in [0.2, 0.25) is 0 Å². The van der Waals surface area contributed by atoms with Crippen LogP contribution in [-0.2, 0) is 0 Å². The average Bonchev–Trinajstić information content (AvgIpc) is 2.39. The number of carbonyl (C=O) groups is 1. The molecule has 3 N–H and O–H groups in total. The van der Waals surface area contributed by atoms with Gasteiger partial charge in [-0.1, -0.05) is 0 Å². The van der Waals surface area contributed by atoms with Crippen LogP contribution in [0.15, 0.2) is 16.6 Å². The number of halogens is 1. The molecule has 5 nitrogen and oxygen atoms in total. The molecule has 1 aromatic carbocycles. The van der Waals surface area contributed by atoms with Gasteiger partial charge in [0.05, 0.1) is 4.47 Å². The van der Waals surface area contributed by atoms with Crippen molar-refractivity contribution in [3.63, 3.8) is 0 Å². The van der Waals surface area contributed by atoms with Crippen molar-refractivity contribution in [2.45, 2.75) is 6.42 Å². The van der Waals surface area contributed by atoms with E-state index in [-0.39, 0.29) is 5.91 Å². The van der Waals surface area contributed by atoms with Crippen molar-refractivity contribution in [1.29, 1.82) is 0 Å². The molecular formula is C12H15BrN2O3. The van der Waals surface area contributed by atoms with Gasteiger partial charge >= 0.3 is 0 Å². The van der Waals surface area contributed by atoms with E-state index in [0.29, 0.717) is 43.4 Å². The number of hydrogen-bond donors (Lipinski definition) is 2. The van der Waals surface area contributed by atoms with Crippen LogP contribution < -0.4 is 20.5 Å². The van der Waals surface area contributed by atoms with Crippen LogP contribution in [0.3, 0.4) is 0 Å². The van der Waals surface area contributed by atoms with E-state index in [1.165, 1.54) is 0 Å². The fraction of sp³-hybridized carbons (Fsp3) is 0.417. The highest BCUT2D eigenvalue weighted by atomic mass is 79.9. The molecule has 1 aliphatic heterocycles. The van der Waals surface area contributed by atoms with Gasteiger partial charge in [0, 0.05) is 12.1 Å². The van der Waals surface area contributed by atoms with E-state index in [1.54, 1.807) is 12.1 Å². The second-order valence-corrected chi connectivity index (χ2v) is 4.73. The van der Waals surface area contributed by atoms with Gasteiger partial charge in [0.15, 0.2) is 11.5 Å². The summed E-state index contributed by atoms with van der Waals surface area (Å²) in [6.07, 6.45) is 0.761. The van der Waals surface area contributed by atoms with E-state index < -0.39 is 0 Å². The van der Waals surface area contributed by atoms with Crippen molar-refractivity contribution < 1.29 is 14.3 Å². The highest BCUT2D eigenvalue weighted by Gasteiger charge is 2.18. The number of carbonyl (C=O) groups excluding carboxylic acids is 1. The largest absolute Gasteiger partial charge is 0.486 e. The van der Waals surface area contributed by atoms with E-state index in [9.17, 15) is 4.79 Å². The molecule has 0 unspecified atom stereocenters. The van der Waals surface area contributed by atoms with Crippen molar-refractivity contribution in [3.8, 4) is 11.5 Å². The minimum atomic E-state index is -0.138. The van der Waals surface area contributed by atoms with Crippen molar-refractivity contribution in [2.75, 3.05) is 26.3 Å². The third-order valence-corrected chi connectivity index (χ3v) is 3.11. The molecule has 0 saturated carbocycles. The number of nitrogens with one attached hydrogen (secondary N) is 1. The number of benzene rings is 1. The lowest BCUT2D eigenvalue weighted by atomic mass is 10.2. The summed E-state index contributed by atoms with van der Waals surface area (Å²) in [6, 6.07) is 3.42. The minimum absolute atomic E-state index is 0.138. The molecular weight excluding hydrogens is 300 g/mol. The Labute approximate surface area is 114 Å². The standard InChI is InChI=1S/C12H15BrN2O3/c13-9-6-8(12(16)15-3-1-2-14)7-10-11(9)18-5-4-17-10/h6-7H,1-5,14H2,(H,15,16). The summed E-state index contributed by atoms with van der Waals surface area (Å²) in [7, 11) is 0. The molecule has 0 aliphatic carbocycles. The first-order valence-corrected chi connectivity index (χ1v) is 6.59. The quantitative estimate of drug-likeness (QED) is 0.822. The van der Waals surface area contributed by atoms with E-state index in [4.69, 9.17) is 15.2 Å². The Balaban J connectivity index is 2.14. The van der Waals surface area contributed by atoms with Gasteiger partial charge in [-0.3, -0.25) is 4.79 Å². The first-order valence-electron chi connectivity index (χ1n) is 5.80. The molecule has 0 aromatic heterocycles. The zero-order valence-corrected chi connectivity index (χ0v) is 11.5. The van der Waals surface area contributed by atoms with E-state index >= 15 is 0 Å². The summed E-state index contributed by atoms with van der Waals surface area (Å²) < 4.78 is 11.7. The number of rotatable bonds is 4. The number of fused-ring (bicyclic) bond motifs is 1. The van der Waals surface area contributed by atoms with Gasteiger partial charge in [-0.2, -0.15) is 0 Å². The lowest BCUT2D eigenvalue weighted by Gasteiger charge is -2.20. The molecule has 1 amide bonds. The molecule has 1 heterocycles. The first kappa shape index (κ1) is 13.2. The second-order valence-electron chi connectivity index (χ2n) is 3.88. The number of amides is 1. The van der Waals surface area contributed by atoms with Crippen LogP contribution in [0.4, 0.5) is 0 Å². The third kappa shape index (κ3) is 2.94. The van der Waals surface area contributed by atoms with Gasteiger partial charge in [0.1, 0.15) is 13.2 Å². The van der Waals surface area contributed by atoms with Crippen LogP contribution in [0.5, 0.6) is 11.5 Å². The van der Waals surface area contributed by atoms with E-state index in [2.05, 4.69) is 21.2 Å². The summed E-state index contributed by atoms with van der Waals surface area (Å²) in [5, 5.41) is 2.80. The van der Waals surface area contributed by atoms with Crippen molar-refractivity contribution in [2.24, 2.45) is 5.73 Å². The number of hydrogen-bond acceptors (Lipinski definition) is 4. The highest BCUT2D eigenvalue weighted by Crippen LogP contribution is 2.38. The Morgan fingerprint density at radius 3 is 2.94 bits per heavy atom. The molecule has 0 spiro atoms. The molecule has 18 heavy (non-hydrogen) atoms. The maximum absolute atomic E-state index is 11.9. The zero-order chi connectivity index (χ0) is 13.0. The highest BCUT2D eigenvalue weighted by molar-refractivity contribution is 9.10. The molecule has 0 saturated heterocycles. The van der Waals surface area contributed by atoms with Crippen LogP contribution in [0.1, 0.15) is 16.8 Å². The smallest absolute Gasteiger partial charge is 0.251 e. The molecule has 1 aliphatic rings. The Morgan fingerprint density at radius 2 is 2.17 bits per heavy atom. The summed E-state index contributed by atoms with van der Waals surface area (Å²) in [5.74, 6) is 1.11. The van der Waals surface area contributed by atoms with Crippen LogP contribution >= 0.6 is 15.9 Å². The fourth-order valence-corrected chi connectivity index (χ4v) is 2.20. The lowest BCUT2D eigenvalue weighted by Crippen LogP contribution is -2.26. The Kier molecular flexibility index (Phi) is 4.43. The van der Waals surface area contributed by atoms with Gasteiger partial charge in [-0.25, -0.2) is 0 Å². The topological polar surface area (TPSA) is 73.6 Å². The molecule has 1 aromatic rings. The van der Waals surface area contributed by atoms with Crippen LogP contribution in [-0.4, -0.2) is 32.2 Å². The maximum Gasteiger partial charge on any atom is 0.251 e. The molecule has 0 atom stereocenters. The fourth-order valence-electron chi connectivity index (χ4n) is 1.65. The first-order chi connectivity index (χ1) is 8.72. The maximum atomic E-state index is 11.9. The minimum Gasteiger partial charge on any atom is -0.486 e. The number of ether oxygens (including phenoxy) is 2. The molecule has 98 valence electrons. The van der Waals surface area contributed by atoms with Gasteiger partial charge < -0.3 is 20.5 Å². The molecule has 0 radical (unpaired) electrons. The molecule has 0 fully saturated rings. The van der Waals surface area contributed by atoms with Crippen LogP contribution in [0.25, 0.3) is 0 Å². The Hall–Kier alpha value is -1.27. The van der Waals surface area contributed by atoms with Crippen molar-refractivity contribution in [1.82, 2.24) is 5.32 Å². The Morgan fingerprint density at radius 1 is 1.39 bits per heavy atom. The summed E-state index contributed by atoms with van der Waals surface area (Å²) in [5.41, 5.74) is 5.92. The monoisotopic (exact) mass is 314 g/mol. The molecule has 2 rings (SSSR count). The van der Waals surface area contributed by atoms with E-state index in [0.717, 1.165) is 10.9 Å². The molecule has 0 bridgehead atoms. The van der Waals surface area contributed by atoms with Gasteiger partial charge in [-0.15, -0.1) is 0 Å². The third-order valence-electron chi connectivity index (χ3n) is 2.53. The average molecular weight is 315 g/mol. The summed E-state index contributed by atoms with van der Waals surface area (Å²) in [6.45, 7) is 2.15. The Bertz CT molecular complexity index is 451. The lowest BCUT2D eigenvalue weighted by molar-refractivity contribution is 0.0952. The second kappa shape index (κ2) is 6.06. The van der Waals surface area contributed by atoms with Crippen molar-refractivity contribution in [3.05, 3.63) is 22.2 Å². The molecule has 6 heteroatoms. The van der Waals surface area contributed by atoms with Gasteiger partial charge in [0.25, 0.3) is 5.91 Å². The van der Waals surface area contributed by atoms with Crippen LogP contribution in [0, 0.1) is 0 Å². The normalized spacial score (nSPS) is 13.2. The van der Waals surface area contributed by atoms with Gasteiger partial charge in [-0.05, 0) is 41.0 Å². The SMILES string of the molecule is NCCCNC(=O)c1cc(Br)c2c(c1)OCCO2. The zero-order valence-electron chi connectivity index (χ0n) is 9.87. The van der Waals surface area contributed by atoms with Gasteiger partial charge in [0.2, 0.25) is 0 Å². The summed E-state index contributed by atoms with van der Waals surface area (Å²) in [4.78, 5) is 11.9. The van der Waals surface area contributed by atoms with E-state index in [1.807, 2.05) is 0 Å². The van der Waals surface area contributed by atoms with Crippen molar-refractivity contribution >= 4 is 21.8 Å².